The quantitative estimate of drug-likeness (QED) is 0.753. The van der Waals surface area contributed by atoms with Gasteiger partial charge in [-0.05, 0) is 38.5 Å². The highest BCUT2D eigenvalue weighted by Crippen LogP contribution is 2.24. The summed E-state index contributed by atoms with van der Waals surface area (Å²) in [5.74, 6) is 1.55. The minimum Gasteiger partial charge on any atom is -0.336 e. The van der Waals surface area contributed by atoms with Gasteiger partial charge in [-0.1, -0.05) is 13.8 Å². The van der Waals surface area contributed by atoms with Crippen LogP contribution in [0.1, 0.15) is 42.0 Å². The first-order chi connectivity index (χ1) is 7.00. The Bertz CT molecular complexity index is 211. The average Bonchev–Trinajstić information content (AvgIpc) is 2.17. The molecule has 0 unspecified atom stereocenters. The summed E-state index contributed by atoms with van der Waals surface area (Å²) in [5, 5.41) is 2.94. The highest BCUT2D eigenvalue weighted by molar-refractivity contribution is 5.74. The van der Waals surface area contributed by atoms with Crippen molar-refractivity contribution in [3.8, 4) is 0 Å². The van der Waals surface area contributed by atoms with Crippen molar-refractivity contribution >= 4 is 6.03 Å². The van der Waals surface area contributed by atoms with Gasteiger partial charge in [0, 0.05) is 20.6 Å². The standard InChI is InChI=1S/C12H24N2O.H2/c1-9(2)11-5-7-14(8-6-11)12(15)13-10(3)4;/h9-11H,5-8H2,1-4H3,(H,13,15);1H. The number of nitrogens with one attached hydrogen (secondary N) is 1. The summed E-state index contributed by atoms with van der Waals surface area (Å²) in [6.45, 7) is 10.4. The topological polar surface area (TPSA) is 32.3 Å². The van der Waals surface area contributed by atoms with Crippen LogP contribution in [0.15, 0.2) is 0 Å². The Morgan fingerprint density at radius 3 is 2.20 bits per heavy atom. The summed E-state index contributed by atoms with van der Waals surface area (Å²) in [4.78, 5) is 13.6. The van der Waals surface area contributed by atoms with Gasteiger partial charge in [0.2, 0.25) is 0 Å². The maximum absolute atomic E-state index is 11.7. The minimum absolute atomic E-state index is 0. The smallest absolute Gasteiger partial charge is 0.317 e. The van der Waals surface area contributed by atoms with Crippen molar-refractivity contribution in [3.05, 3.63) is 0 Å². The van der Waals surface area contributed by atoms with E-state index < -0.39 is 0 Å². The van der Waals surface area contributed by atoms with E-state index in [1.807, 2.05) is 18.7 Å². The van der Waals surface area contributed by atoms with Crippen LogP contribution in [0.4, 0.5) is 4.79 Å². The Balaban J connectivity index is 0.00000225. The van der Waals surface area contributed by atoms with Crippen LogP contribution in [0.3, 0.4) is 0 Å². The monoisotopic (exact) mass is 214 g/mol. The van der Waals surface area contributed by atoms with Crippen LogP contribution >= 0.6 is 0 Å². The normalized spacial score (nSPS) is 18.7. The largest absolute Gasteiger partial charge is 0.336 e. The molecule has 1 fully saturated rings. The average molecular weight is 214 g/mol. The van der Waals surface area contributed by atoms with Gasteiger partial charge in [0.1, 0.15) is 0 Å². The van der Waals surface area contributed by atoms with Gasteiger partial charge in [-0.25, -0.2) is 4.79 Å². The Hall–Kier alpha value is -0.730. The summed E-state index contributed by atoms with van der Waals surface area (Å²) >= 11 is 0. The molecule has 1 saturated heterocycles. The Labute approximate surface area is 94.7 Å². The number of carbonyl (C=O) groups is 1. The van der Waals surface area contributed by atoms with Crippen LogP contribution in [0.25, 0.3) is 0 Å². The van der Waals surface area contributed by atoms with Gasteiger partial charge in [0.05, 0.1) is 0 Å². The molecule has 1 N–H and O–H groups in total. The lowest BCUT2D eigenvalue weighted by Crippen LogP contribution is -2.47. The molecule has 15 heavy (non-hydrogen) atoms. The highest BCUT2D eigenvalue weighted by Gasteiger charge is 2.24. The predicted octanol–water partition coefficient (Wildman–Crippen LogP) is 2.72. The van der Waals surface area contributed by atoms with E-state index in [9.17, 15) is 4.79 Å². The first-order valence-corrected chi connectivity index (χ1v) is 6.06. The van der Waals surface area contributed by atoms with E-state index in [0.29, 0.717) is 0 Å². The number of carbonyl (C=O) groups excluding carboxylic acids is 1. The summed E-state index contributed by atoms with van der Waals surface area (Å²) in [6, 6.07) is 0.340. The van der Waals surface area contributed by atoms with E-state index >= 15 is 0 Å². The van der Waals surface area contributed by atoms with E-state index in [4.69, 9.17) is 0 Å². The van der Waals surface area contributed by atoms with Gasteiger partial charge in [-0.2, -0.15) is 0 Å². The number of hydrogen-bond donors (Lipinski definition) is 1. The zero-order valence-electron chi connectivity index (χ0n) is 10.4. The van der Waals surface area contributed by atoms with E-state index in [0.717, 1.165) is 37.8 Å². The predicted molar refractivity (Wildman–Crippen MR) is 64.9 cm³/mol. The molecule has 0 atom stereocenters. The third kappa shape index (κ3) is 3.73. The molecule has 0 bridgehead atoms. The number of likely N-dealkylation sites (tertiary alicyclic amines) is 1. The van der Waals surface area contributed by atoms with Crippen LogP contribution in [0.2, 0.25) is 0 Å². The lowest BCUT2D eigenvalue weighted by atomic mass is 9.87. The van der Waals surface area contributed by atoms with Crippen LogP contribution in [0.5, 0.6) is 0 Å². The molecular formula is C12H26N2O. The third-order valence-electron chi connectivity index (χ3n) is 3.18. The van der Waals surface area contributed by atoms with Crippen molar-refractivity contribution in [3.63, 3.8) is 0 Å². The van der Waals surface area contributed by atoms with Gasteiger partial charge in [0.25, 0.3) is 0 Å². The molecule has 0 radical (unpaired) electrons. The fourth-order valence-electron chi connectivity index (χ4n) is 2.11. The molecule has 0 saturated carbocycles. The van der Waals surface area contributed by atoms with Gasteiger partial charge < -0.3 is 10.2 Å². The molecule has 90 valence electrons. The number of nitrogens with zero attached hydrogens (tertiary/aromatic N) is 1. The molecule has 0 aromatic heterocycles. The third-order valence-corrected chi connectivity index (χ3v) is 3.18. The molecular weight excluding hydrogens is 188 g/mol. The second kappa shape index (κ2) is 5.38. The summed E-state index contributed by atoms with van der Waals surface area (Å²) in [5.41, 5.74) is 0. The van der Waals surface area contributed by atoms with Crippen molar-refractivity contribution in [1.29, 1.82) is 0 Å². The molecule has 0 aromatic rings. The molecule has 0 spiro atoms. The number of piperidine rings is 1. The number of rotatable bonds is 2. The fourth-order valence-corrected chi connectivity index (χ4v) is 2.11. The Kier molecular flexibility index (Phi) is 4.43. The summed E-state index contributed by atoms with van der Waals surface area (Å²) in [6.07, 6.45) is 2.31. The molecule has 1 heterocycles. The first kappa shape index (κ1) is 12.3. The molecule has 1 aliphatic rings. The minimum atomic E-state index is 0. The van der Waals surface area contributed by atoms with Gasteiger partial charge >= 0.3 is 6.03 Å². The molecule has 1 rings (SSSR count). The van der Waals surface area contributed by atoms with Gasteiger partial charge in [-0.3, -0.25) is 0 Å². The maximum atomic E-state index is 11.7. The van der Waals surface area contributed by atoms with Crippen molar-refractivity contribution in [2.24, 2.45) is 11.8 Å². The Morgan fingerprint density at radius 2 is 1.80 bits per heavy atom. The van der Waals surface area contributed by atoms with Crippen molar-refractivity contribution in [2.75, 3.05) is 13.1 Å². The lowest BCUT2D eigenvalue weighted by Gasteiger charge is -2.34. The highest BCUT2D eigenvalue weighted by atomic mass is 16.2. The van der Waals surface area contributed by atoms with E-state index in [2.05, 4.69) is 19.2 Å². The lowest BCUT2D eigenvalue weighted by molar-refractivity contribution is 0.155. The van der Waals surface area contributed by atoms with Crippen LogP contribution in [0, 0.1) is 11.8 Å². The van der Waals surface area contributed by atoms with Crippen molar-refractivity contribution in [2.45, 2.75) is 46.6 Å². The van der Waals surface area contributed by atoms with Crippen LogP contribution in [-0.2, 0) is 0 Å². The number of hydrogen-bond acceptors (Lipinski definition) is 1. The molecule has 2 amide bonds. The summed E-state index contributed by atoms with van der Waals surface area (Å²) in [7, 11) is 0. The second-order valence-corrected chi connectivity index (χ2v) is 5.17. The molecule has 0 aromatic carbocycles. The number of amides is 2. The SMILES string of the molecule is CC(C)NC(=O)N1CCC(C(C)C)CC1.[HH]. The molecule has 3 heteroatoms. The maximum Gasteiger partial charge on any atom is 0.317 e. The van der Waals surface area contributed by atoms with Gasteiger partial charge in [0.15, 0.2) is 0 Å². The Morgan fingerprint density at radius 1 is 1.27 bits per heavy atom. The van der Waals surface area contributed by atoms with Gasteiger partial charge in [-0.15, -0.1) is 0 Å². The zero-order chi connectivity index (χ0) is 11.4. The molecule has 0 aliphatic carbocycles. The van der Waals surface area contributed by atoms with Crippen molar-refractivity contribution in [1.82, 2.24) is 10.2 Å². The second-order valence-electron chi connectivity index (χ2n) is 5.17. The summed E-state index contributed by atoms with van der Waals surface area (Å²) < 4.78 is 0. The van der Waals surface area contributed by atoms with E-state index in [1.54, 1.807) is 0 Å². The van der Waals surface area contributed by atoms with Crippen molar-refractivity contribution < 1.29 is 6.22 Å². The zero-order valence-corrected chi connectivity index (χ0v) is 10.4. The fraction of sp³-hybridized carbons (Fsp3) is 0.917. The number of urea groups is 1. The van der Waals surface area contributed by atoms with Crippen LogP contribution in [-0.4, -0.2) is 30.1 Å². The first-order valence-electron chi connectivity index (χ1n) is 6.06. The molecule has 3 nitrogen and oxygen atoms in total. The van der Waals surface area contributed by atoms with E-state index in [-0.39, 0.29) is 13.5 Å². The van der Waals surface area contributed by atoms with E-state index in [1.165, 1.54) is 0 Å². The van der Waals surface area contributed by atoms with Crippen LogP contribution < -0.4 is 5.32 Å². The molecule has 1 aliphatic heterocycles.